The topological polar surface area (TPSA) is 49.9 Å². The van der Waals surface area contributed by atoms with E-state index in [2.05, 4.69) is 6.58 Å². The molecule has 0 aromatic carbocycles. The predicted molar refractivity (Wildman–Crippen MR) is 49.6 cm³/mol. The largest absolute Gasteiger partial charge is 0.398 e. The van der Waals surface area contributed by atoms with Crippen LogP contribution in [0.3, 0.4) is 0 Å². The molecule has 0 aromatic heterocycles. The maximum atomic E-state index is 6.77. The van der Waals surface area contributed by atoms with Crippen molar-refractivity contribution in [1.82, 2.24) is 0 Å². The Morgan fingerprint density at radius 2 is 2.00 bits per heavy atom. The van der Waals surface area contributed by atoms with E-state index in [1.165, 1.54) is 6.08 Å². The van der Waals surface area contributed by atoms with Crippen LogP contribution in [-0.4, -0.2) is 6.21 Å². The van der Waals surface area contributed by atoms with Crippen molar-refractivity contribution in [2.24, 2.45) is 5.73 Å². The Morgan fingerprint density at radius 1 is 1.45 bits per heavy atom. The number of allylic oxidation sites excluding steroid dienone is 3. The molecule has 0 saturated carbocycles. The third-order valence-corrected chi connectivity index (χ3v) is 1.10. The molecule has 0 rings (SSSR count). The van der Waals surface area contributed by atoms with Crippen LogP contribution in [0.5, 0.6) is 0 Å². The zero-order valence-electron chi connectivity index (χ0n) is 7.02. The lowest BCUT2D eigenvalue weighted by atomic mass is 10.1. The maximum absolute atomic E-state index is 6.77. The van der Waals surface area contributed by atoms with Gasteiger partial charge >= 0.3 is 0 Å². The molecular formula is C9H14N2. The van der Waals surface area contributed by atoms with Gasteiger partial charge in [-0.1, -0.05) is 18.2 Å². The molecule has 0 aliphatic carbocycles. The highest BCUT2D eigenvalue weighted by Crippen LogP contribution is 2.04. The summed E-state index contributed by atoms with van der Waals surface area (Å²) in [5.74, 6) is 0. The molecule has 60 valence electrons. The van der Waals surface area contributed by atoms with E-state index < -0.39 is 0 Å². The summed E-state index contributed by atoms with van der Waals surface area (Å²) in [6.45, 7) is 7.69. The second-order valence-corrected chi connectivity index (χ2v) is 2.54. The smallest absolute Gasteiger partial charge is 0.0396 e. The summed E-state index contributed by atoms with van der Waals surface area (Å²) in [5.41, 5.74) is 7.99. The Morgan fingerprint density at radius 3 is 2.36 bits per heavy atom. The number of nitrogens with two attached hydrogens (primary N) is 1. The summed E-state index contributed by atoms with van der Waals surface area (Å²) in [7, 11) is 0. The molecule has 0 aliphatic rings. The SMILES string of the molecule is C=C(C=C(C)C)/C(N)=C\C=N. The van der Waals surface area contributed by atoms with E-state index in [9.17, 15) is 0 Å². The molecule has 0 spiro atoms. The Hall–Kier alpha value is -1.31. The molecule has 11 heavy (non-hydrogen) atoms. The van der Waals surface area contributed by atoms with Crippen molar-refractivity contribution in [1.29, 1.82) is 5.41 Å². The number of nitrogens with one attached hydrogen (secondary N) is 1. The van der Waals surface area contributed by atoms with Crippen molar-refractivity contribution < 1.29 is 0 Å². The van der Waals surface area contributed by atoms with Crippen LogP contribution in [0.4, 0.5) is 0 Å². The molecule has 0 radical (unpaired) electrons. The summed E-state index contributed by atoms with van der Waals surface area (Å²) >= 11 is 0. The second-order valence-electron chi connectivity index (χ2n) is 2.54. The van der Waals surface area contributed by atoms with Gasteiger partial charge in [0.05, 0.1) is 0 Å². The highest BCUT2D eigenvalue weighted by molar-refractivity contribution is 5.70. The van der Waals surface area contributed by atoms with Crippen molar-refractivity contribution in [2.45, 2.75) is 13.8 Å². The van der Waals surface area contributed by atoms with Crippen LogP contribution in [0, 0.1) is 5.41 Å². The molecule has 0 aliphatic heterocycles. The molecule has 0 heterocycles. The van der Waals surface area contributed by atoms with Crippen LogP contribution in [0.2, 0.25) is 0 Å². The molecule has 0 atom stereocenters. The van der Waals surface area contributed by atoms with E-state index in [1.54, 1.807) is 0 Å². The lowest BCUT2D eigenvalue weighted by Crippen LogP contribution is -1.98. The van der Waals surface area contributed by atoms with Gasteiger partial charge in [0.25, 0.3) is 0 Å². The van der Waals surface area contributed by atoms with Gasteiger partial charge in [0.2, 0.25) is 0 Å². The minimum Gasteiger partial charge on any atom is -0.398 e. The van der Waals surface area contributed by atoms with Crippen molar-refractivity contribution >= 4 is 6.21 Å². The third-order valence-electron chi connectivity index (χ3n) is 1.10. The normalized spacial score (nSPS) is 10.5. The summed E-state index contributed by atoms with van der Waals surface area (Å²) in [6, 6.07) is 0. The number of rotatable bonds is 3. The average molecular weight is 150 g/mol. The van der Waals surface area contributed by atoms with Gasteiger partial charge in [-0.25, -0.2) is 0 Å². The van der Waals surface area contributed by atoms with E-state index in [-0.39, 0.29) is 0 Å². The van der Waals surface area contributed by atoms with Crippen LogP contribution in [0.1, 0.15) is 13.8 Å². The molecule has 0 bridgehead atoms. The summed E-state index contributed by atoms with van der Waals surface area (Å²) in [6.07, 6.45) is 4.55. The Kier molecular flexibility index (Phi) is 3.96. The second kappa shape index (κ2) is 4.50. The first-order valence-corrected chi connectivity index (χ1v) is 3.38. The molecule has 2 heteroatoms. The Labute approximate surface area is 67.6 Å². The lowest BCUT2D eigenvalue weighted by molar-refractivity contribution is 1.32. The van der Waals surface area contributed by atoms with Gasteiger partial charge in [-0.05, 0) is 25.5 Å². The van der Waals surface area contributed by atoms with Crippen LogP contribution in [-0.2, 0) is 0 Å². The molecule has 0 saturated heterocycles. The van der Waals surface area contributed by atoms with Crippen LogP contribution in [0.15, 0.2) is 35.6 Å². The van der Waals surface area contributed by atoms with Gasteiger partial charge < -0.3 is 11.1 Å². The summed E-state index contributed by atoms with van der Waals surface area (Å²) in [5, 5.41) is 6.77. The molecular weight excluding hydrogens is 136 g/mol. The first-order chi connectivity index (χ1) is 5.07. The quantitative estimate of drug-likeness (QED) is 0.469. The summed E-state index contributed by atoms with van der Waals surface area (Å²) < 4.78 is 0. The molecule has 0 aromatic rings. The van der Waals surface area contributed by atoms with Crippen molar-refractivity contribution in [2.75, 3.05) is 0 Å². The fraction of sp³-hybridized carbons (Fsp3) is 0.222. The van der Waals surface area contributed by atoms with Gasteiger partial charge in [-0.15, -0.1) is 0 Å². The molecule has 2 nitrogen and oxygen atoms in total. The monoisotopic (exact) mass is 150 g/mol. The van der Waals surface area contributed by atoms with Crippen molar-refractivity contribution in [3.63, 3.8) is 0 Å². The number of hydrogen-bond donors (Lipinski definition) is 2. The standard InChI is InChI=1S/C9H14N2/c1-7(2)6-8(3)9(11)4-5-10/h4-6,10H,3,11H2,1-2H3/b9-4+,10-5?. The van der Waals surface area contributed by atoms with Gasteiger partial charge in [0, 0.05) is 11.9 Å². The van der Waals surface area contributed by atoms with Gasteiger partial charge in [0.15, 0.2) is 0 Å². The van der Waals surface area contributed by atoms with Gasteiger partial charge in [-0.2, -0.15) is 0 Å². The molecule has 0 unspecified atom stereocenters. The van der Waals surface area contributed by atoms with Gasteiger partial charge in [0.1, 0.15) is 0 Å². The van der Waals surface area contributed by atoms with Crippen molar-refractivity contribution in [3.05, 3.63) is 35.6 Å². The lowest BCUT2D eigenvalue weighted by Gasteiger charge is -1.98. The first-order valence-electron chi connectivity index (χ1n) is 3.38. The fourth-order valence-electron chi connectivity index (χ4n) is 0.629. The van der Waals surface area contributed by atoms with Crippen LogP contribution >= 0.6 is 0 Å². The zero-order valence-corrected chi connectivity index (χ0v) is 7.02. The van der Waals surface area contributed by atoms with Gasteiger partial charge in [-0.3, -0.25) is 0 Å². The van der Waals surface area contributed by atoms with E-state index in [4.69, 9.17) is 11.1 Å². The minimum absolute atomic E-state index is 0.543. The minimum atomic E-state index is 0.543. The highest BCUT2D eigenvalue weighted by atomic mass is 14.6. The van der Waals surface area contributed by atoms with Crippen LogP contribution < -0.4 is 5.73 Å². The highest BCUT2D eigenvalue weighted by Gasteiger charge is 1.90. The van der Waals surface area contributed by atoms with E-state index >= 15 is 0 Å². The molecule has 3 N–H and O–H groups in total. The molecule has 0 fully saturated rings. The Balaban J connectivity index is 4.38. The van der Waals surface area contributed by atoms with Crippen LogP contribution in [0.25, 0.3) is 0 Å². The third kappa shape index (κ3) is 4.14. The first kappa shape index (κ1) is 9.69. The zero-order chi connectivity index (χ0) is 8.85. The van der Waals surface area contributed by atoms with E-state index in [0.29, 0.717) is 5.70 Å². The predicted octanol–water partition coefficient (Wildman–Crippen LogP) is 2.00. The Bertz CT molecular complexity index is 218. The van der Waals surface area contributed by atoms with E-state index in [1.807, 2.05) is 19.9 Å². The van der Waals surface area contributed by atoms with E-state index in [0.717, 1.165) is 17.4 Å². The fourth-order valence-corrected chi connectivity index (χ4v) is 0.629. The molecule has 0 amide bonds. The summed E-state index contributed by atoms with van der Waals surface area (Å²) in [4.78, 5) is 0. The van der Waals surface area contributed by atoms with Crippen molar-refractivity contribution in [3.8, 4) is 0 Å². The number of hydrogen-bond acceptors (Lipinski definition) is 2. The maximum Gasteiger partial charge on any atom is 0.0396 e. The average Bonchev–Trinajstić information content (AvgIpc) is 1.86.